The SMILES string of the molecule is CCC(=O)c1ccc(Br)cc1.CCC(F)(F)c1ccc(Br)cc1. The minimum Gasteiger partial charge on any atom is -0.294 e. The van der Waals surface area contributed by atoms with E-state index in [0.717, 1.165) is 14.5 Å². The average Bonchev–Trinajstić information content (AvgIpc) is 2.56. The van der Waals surface area contributed by atoms with E-state index in [1.165, 1.54) is 19.1 Å². The van der Waals surface area contributed by atoms with Crippen LogP contribution in [0.5, 0.6) is 0 Å². The van der Waals surface area contributed by atoms with Crippen LogP contribution in [-0.4, -0.2) is 5.78 Å². The molecule has 1 nitrogen and oxygen atoms in total. The van der Waals surface area contributed by atoms with Gasteiger partial charge in [-0.1, -0.05) is 70.0 Å². The lowest BCUT2D eigenvalue weighted by Crippen LogP contribution is -2.10. The zero-order valence-corrected chi connectivity index (χ0v) is 16.1. The van der Waals surface area contributed by atoms with Crippen LogP contribution >= 0.6 is 31.9 Å². The third-order valence-electron chi connectivity index (χ3n) is 3.20. The first-order valence-electron chi connectivity index (χ1n) is 7.22. The van der Waals surface area contributed by atoms with Gasteiger partial charge in [0.15, 0.2) is 5.78 Å². The van der Waals surface area contributed by atoms with E-state index in [1.54, 1.807) is 12.1 Å². The van der Waals surface area contributed by atoms with Crippen LogP contribution < -0.4 is 0 Å². The van der Waals surface area contributed by atoms with Crippen molar-refractivity contribution in [1.82, 2.24) is 0 Å². The molecule has 0 aromatic heterocycles. The molecule has 2 rings (SSSR count). The number of ketones is 1. The molecular weight excluding hydrogens is 430 g/mol. The van der Waals surface area contributed by atoms with Crippen LogP contribution in [0.4, 0.5) is 8.78 Å². The van der Waals surface area contributed by atoms with E-state index < -0.39 is 5.92 Å². The summed E-state index contributed by atoms with van der Waals surface area (Å²) >= 11 is 6.49. The van der Waals surface area contributed by atoms with Crippen molar-refractivity contribution in [3.63, 3.8) is 0 Å². The van der Waals surface area contributed by atoms with E-state index in [-0.39, 0.29) is 17.8 Å². The van der Waals surface area contributed by atoms with E-state index in [0.29, 0.717) is 6.42 Å². The highest BCUT2D eigenvalue weighted by atomic mass is 79.9. The van der Waals surface area contributed by atoms with Crippen LogP contribution in [0, 0.1) is 0 Å². The number of hydrogen-bond acceptors (Lipinski definition) is 1. The van der Waals surface area contributed by atoms with Gasteiger partial charge in [-0.2, -0.15) is 0 Å². The molecule has 0 aliphatic carbocycles. The number of benzene rings is 2. The van der Waals surface area contributed by atoms with Crippen molar-refractivity contribution in [3.8, 4) is 0 Å². The highest BCUT2D eigenvalue weighted by Gasteiger charge is 2.28. The molecule has 0 unspecified atom stereocenters. The number of Topliss-reactive ketones (excluding diaryl/α,β-unsaturated/α-hetero) is 1. The Bertz CT molecular complexity index is 622. The minimum atomic E-state index is -2.69. The Morgan fingerprint density at radius 3 is 1.74 bits per heavy atom. The average molecular weight is 448 g/mol. The highest BCUT2D eigenvalue weighted by Crippen LogP contribution is 2.31. The van der Waals surface area contributed by atoms with Gasteiger partial charge in [-0.15, -0.1) is 0 Å². The topological polar surface area (TPSA) is 17.1 Å². The lowest BCUT2D eigenvalue weighted by Gasteiger charge is -2.13. The third kappa shape index (κ3) is 6.51. The summed E-state index contributed by atoms with van der Waals surface area (Å²) in [5.74, 6) is -2.50. The largest absolute Gasteiger partial charge is 0.294 e. The molecule has 0 aliphatic heterocycles. The molecule has 0 bridgehead atoms. The van der Waals surface area contributed by atoms with Gasteiger partial charge in [-0.25, -0.2) is 8.78 Å². The molecule has 0 heterocycles. The molecule has 0 saturated carbocycles. The number of alkyl halides is 2. The highest BCUT2D eigenvalue weighted by molar-refractivity contribution is 9.10. The molecule has 0 atom stereocenters. The van der Waals surface area contributed by atoms with Crippen LogP contribution in [0.1, 0.15) is 42.6 Å². The van der Waals surface area contributed by atoms with Crippen molar-refractivity contribution in [3.05, 3.63) is 68.6 Å². The number of carbonyl (C=O) groups excluding carboxylic acids is 1. The molecule has 0 amide bonds. The van der Waals surface area contributed by atoms with Crippen LogP contribution in [0.3, 0.4) is 0 Å². The Labute approximate surface area is 152 Å². The quantitative estimate of drug-likeness (QED) is 0.461. The molecule has 23 heavy (non-hydrogen) atoms. The standard InChI is InChI=1S/C9H9BrF2.C9H9BrO/c1-2-9(11,12)7-3-5-8(10)6-4-7;1-2-9(11)7-3-5-8(10)6-4-7/h3-6H,2H2,1H3;3-6H,2H2,1H3. The van der Waals surface area contributed by atoms with Gasteiger partial charge in [0.2, 0.25) is 0 Å². The Morgan fingerprint density at radius 1 is 0.913 bits per heavy atom. The monoisotopic (exact) mass is 446 g/mol. The van der Waals surface area contributed by atoms with Gasteiger partial charge < -0.3 is 0 Å². The summed E-state index contributed by atoms with van der Waals surface area (Å²) in [6.45, 7) is 3.34. The molecule has 124 valence electrons. The molecule has 5 heteroatoms. The molecule has 0 N–H and O–H groups in total. The van der Waals surface area contributed by atoms with Crippen molar-refractivity contribution >= 4 is 37.6 Å². The third-order valence-corrected chi connectivity index (χ3v) is 4.26. The number of rotatable bonds is 4. The maximum atomic E-state index is 13.0. The number of hydrogen-bond donors (Lipinski definition) is 0. The van der Waals surface area contributed by atoms with Gasteiger partial charge in [-0.3, -0.25) is 4.79 Å². The summed E-state index contributed by atoms with van der Waals surface area (Å²) in [7, 11) is 0. The Morgan fingerprint density at radius 2 is 1.35 bits per heavy atom. The molecule has 0 aliphatic rings. The van der Waals surface area contributed by atoms with Gasteiger partial charge in [0.1, 0.15) is 0 Å². The summed E-state index contributed by atoms with van der Waals surface area (Å²) in [6, 6.07) is 13.5. The molecule has 0 spiro atoms. The molecular formula is C18H18Br2F2O. The van der Waals surface area contributed by atoms with Crippen LogP contribution in [-0.2, 0) is 5.92 Å². The van der Waals surface area contributed by atoms with Gasteiger partial charge in [-0.05, 0) is 24.3 Å². The molecule has 0 saturated heterocycles. The predicted molar refractivity (Wildman–Crippen MR) is 97.1 cm³/mol. The zero-order valence-electron chi connectivity index (χ0n) is 13.0. The number of halogens is 4. The lowest BCUT2D eigenvalue weighted by molar-refractivity contribution is -0.00829. The summed E-state index contributed by atoms with van der Waals surface area (Å²) in [5, 5.41) is 0. The normalized spacial score (nSPS) is 10.7. The van der Waals surface area contributed by atoms with Crippen molar-refractivity contribution in [2.24, 2.45) is 0 Å². The second kappa shape index (κ2) is 9.28. The molecule has 2 aromatic carbocycles. The zero-order chi connectivity index (χ0) is 17.5. The van der Waals surface area contributed by atoms with Crippen molar-refractivity contribution < 1.29 is 13.6 Å². The fraction of sp³-hybridized carbons (Fsp3) is 0.278. The first kappa shape index (κ1) is 20.0. The molecule has 2 aromatic rings. The summed E-state index contributed by atoms with van der Waals surface area (Å²) in [6.07, 6.45) is 0.413. The summed E-state index contributed by atoms with van der Waals surface area (Å²) in [4.78, 5) is 11.1. The van der Waals surface area contributed by atoms with Gasteiger partial charge >= 0.3 is 0 Å². The van der Waals surface area contributed by atoms with E-state index in [1.807, 2.05) is 31.2 Å². The van der Waals surface area contributed by atoms with E-state index in [9.17, 15) is 13.6 Å². The van der Waals surface area contributed by atoms with Crippen molar-refractivity contribution in [2.45, 2.75) is 32.6 Å². The molecule has 0 radical (unpaired) electrons. The fourth-order valence-electron chi connectivity index (χ4n) is 1.74. The summed E-state index contributed by atoms with van der Waals surface area (Å²) in [5.41, 5.74) is 0.865. The smallest absolute Gasteiger partial charge is 0.273 e. The Balaban J connectivity index is 0.000000231. The van der Waals surface area contributed by atoms with E-state index >= 15 is 0 Å². The van der Waals surface area contributed by atoms with Crippen LogP contribution in [0.25, 0.3) is 0 Å². The lowest BCUT2D eigenvalue weighted by atomic mass is 10.1. The Kier molecular flexibility index (Phi) is 8.06. The fourth-order valence-corrected chi connectivity index (χ4v) is 2.27. The molecule has 0 fully saturated rings. The van der Waals surface area contributed by atoms with Gasteiger partial charge in [0, 0.05) is 32.9 Å². The van der Waals surface area contributed by atoms with Crippen molar-refractivity contribution in [2.75, 3.05) is 0 Å². The minimum absolute atomic E-state index is 0.0770. The van der Waals surface area contributed by atoms with Gasteiger partial charge in [0.05, 0.1) is 0 Å². The van der Waals surface area contributed by atoms with Crippen molar-refractivity contribution in [1.29, 1.82) is 0 Å². The Hall–Kier alpha value is -1.07. The second-order valence-electron chi connectivity index (χ2n) is 4.85. The van der Waals surface area contributed by atoms with E-state index in [4.69, 9.17) is 0 Å². The first-order valence-corrected chi connectivity index (χ1v) is 8.81. The second-order valence-corrected chi connectivity index (χ2v) is 6.68. The van der Waals surface area contributed by atoms with Crippen LogP contribution in [0.2, 0.25) is 0 Å². The van der Waals surface area contributed by atoms with Gasteiger partial charge in [0.25, 0.3) is 5.92 Å². The summed E-state index contributed by atoms with van der Waals surface area (Å²) < 4.78 is 27.8. The maximum absolute atomic E-state index is 13.0. The van der Waals surface area contributed by atoms with E-state index in [2.05, 4.69) is 31.9 Å². The maximum Gasteiger partial charge on any atom is 0.273 e. The first-order chi connectivity index (χ1) is 10.8. The number of carbonyl (C=O) groups is 1. The predicted octanol–water partition coefficient (Wildman–Crippen LogP) is 6.99. The van der Waals surface area contributed by atoms with Crippen LogP contribution in [0.15, 0.2) is 57.5 Å².